The fourth-order valence-corrected chi connectivity index (χ4v) is 8.78. The Balaban J connectivity index is 0.946. The molecule has 0 radical (unpaired) electrons. The highest BCUT2D eigenvalue weighted by Gasteiger charge is 2.38. The summed E-state index contributed by atoms with van der Waals surface area (Å²) in [6, 6.07) is 36.2. The molecule has 2 unspecified atom stereocenters. The molecule has 4 atom stereocenters. The van der Waals surface area contributed by atoms with E-state index < -0.39 is 0 Å². The molecule has 57 heavy (non-hydrogen) atoms. The van der Waals surface area contributed by atoms with Crippen molar-refractivity contribution in [3.05, 3.63) is 144 Å². The van der Waals surface area contributed by atoms with Gasteiger partial charge in [-0.1, -0.05) is 109 Å². The summed E-state index contributed by atoms with van der Waals surface area (Å²) in [6.45, 7) is 3.50. The van der Waals surface area contributed by atoms with Crippen LogP contribution < -0.4 is 0 Å². The number of aromatic nitrogens is 4. The van der Waals surface area contributed by atoms with Crippen LogP contribution in [0.3, 0.4) is 0 Å². The molecule has 4 heterocycles. The molecule has 10 nitrogen and oxygen atoms in total. The Morgan fingerprint density at radius 3 is 1.56 bits per heavy atom. The number of imidazole rings is 2. The number of rotatable bonds is 11. The van der Waals surface area contributed by atoms with Crippen molar-refractivity contribution in [2.45, 2.75) is 56.8 Å². The van der Waals surface area contributed by atoms with E-state index in [1.165, 1.54) is 0 Å². The normalized spacial score (nSPS) is 18.1. The van der Waals surface area contributed by atoms with Gasteiger partial charge in [-0.2, -0.15) is 0 Å². The standard InChI is InChI=1S/C47H52N8O2/c1-31-41(51-45(49-31)40-19-13-29-55(40)47(57)43(53(4)5)37-16-10-7-11-17-37)35-26-22-33(23-27-35)32-20-24-34(25-21-32)38-30-48-44(50-38)39-18-12-28-54(39)46(56)42(52(2)3)36-14-8-6-9-15-36/h6-11,14-17,20-27,30,39-40,42-43H,12-13,18-19,28-29H2,1-5H3,(H,48,50)(H,49,51)/t39?,40?,42-,43-/m1/s1. The first-order valence-corrected chi connectivity index (χ1v) is 20.0. The van der Waals surface area contributed by atoms with Crippen LogP contribution in [0.5, 0.6) is 0 Å². The molecule has 0 bridgehead atoms. The van der Waals surface area contributed by atoms with Crippen LogP contribution in [-0.4, -0.2) is 92.6 Å². The number of nitrogens with zero attached hydrogens (tertiary/aromatic N) is 6. The van der Waals surface area contributed by atoms with Gasteiger partial charge in [0.2, 0.25) is 11.8 Å². The van der Waals surface area contributed by atoms with Crippen LogP contribution in [0.1, 0.15) is 78.3 Å². The van der Waals surface area contributed by atoms with E-state index in [2.05, 4.69) is 65.4 Å². The summed E-state index contributed by atoms with van der Waals surface area (Å²) in [7, 11) is 7.85. The molecule has 2 N–H and O–H groups in total. The zero-order valence-electron chi connectivity index (χ0n) is 33.5. The number of likely N-dealkylation sites (tertiary alicyclic amines) is 2. The van der Waals surface area contributed by atoms with Crippen LogP contribution in [0.15, 0.2) is 115 Å². The van der Waals surface area contributed by atoms with E-state index in [0.29, 0.717) is 0 Å². The molecule has 2 aromatic heterocycles. The second-order valence-corrected chi connectivity index (χ2v) is 15.9. The summed E-state index contributed by atoms with van der Waals surface area (Å²) >= 11 is 0. The van der Waals surface area contributed by atoms with E-state index in [9.17, 15) is 9.59 Å². The van der Waals surface area contributed by atoms with E-state index in [-0.39, 0.29) is 36.0 Å². The molecule has 2 saturated heterocycles. The smallest absolute Gasteiger partial charge is 0.245 e. The fraction of sp³-hybridized carbons (Fsp3) is 0.319. The topological polar surface area (TPSA) is 104 Å². The summed E-state index contributed by atoms with van der Waals surface area (Å²) < 4.78 is 0. The highest BCUT2D eigenvalue weighted by atomic mass is 16.2. The van der Waals surface area contributed by atoms with Crippen LogP contribution in [-0.2, 0) is 9.59 Å². The van der Waals surface area contributed by atoms with Crippen LogP contribution in [0, 0.1) is 6.92 Å². The molecule has 4 aromatic carbocycles. The van der Waals surface area contributed by atoms with Crippen molar-refractivity contribution in [1.82, 2.24) is 39.5 Å². The Hall–Kier alpha value is -5.84. The number of aryl methyl sites for hydroxylation is 1. The van der Waals surface area contributed by atoms with Gasteiger partial charge in [0.05, 0.1) is 29.7 Å². The predicted octanol–water partition coefficient (Wildman–Crippen LogP) is 8.38. The van der Waals surface area contributed by atoms with Gasteiger partial charge in [-0.25, -0.2) is 9.97 Å². The van der Waals surface area contributed by atoms with Gasteiger partial charge >= 0.3 is 0 Å². The lowest BCUT2D eigenvalue weighted by Crippen LogP contribution is -2.40. The van der Waals surface area contributed by atoms with E-state index in [4.69, 9.17) is 9.97 Å². The molecule has 2 fully saturated rings. The largest absolute Gasteiger partial charge is 0.344 e. The average Bonchev–Trinajstić information content (AvgIpc) is 4.06. The number of nitrogens with one attached hydrogen (secondary N) is 2. The van der Waals surface area contributed by atoms with E-state index >= 15 is 0 Å². The van der Waals surface area contributed by atoms with Crippen LogP contribution in [0.25, 0.3) is 33.6 Å². The Bertz CT molecular complexity index is 2300. The summed E-state index contributed by atoms with van der Waals surface area (Å²) in [5.41, 5.74) is 9.13. The molecule has 0 saturated carbocycles. The first-order chi connectivity index (χ1) is 27.7. The van der Waals surface area contributed by atoms with Crippen LogP contribution >= 0.6 is 0 Å². The van der Waals surface area contributed by atoms with Gasteiger partial charge in [-0.05, 0) is 88.6 Å². The predicted molar refractivity (Wildman–Crippen MR) is 225 cm³/mol. The van der Waals surface area contributed by atoms with Gasteiger partial charge in [0, 0.05) is 24.3 Å². The molecular formula is C47H52N8O2. The zero-order valence-corrected chi connectivity index (χ0v) is 33.5. The number of H-pyrrole nitrogens is 2. The maximum atomic E-state index is 14.0. The molecule has 2 aliphatic heterocycles. The average molecular weight is 761 g/mol. The van der Waals surface area contributed by atoms with Gasteiger partial charge in [-0.3, -0.25) is 19.4 Å². The minimum Gasteiger partial charge on any atom is -0.344 e. The highest BCUT2D eigenvalue weighted by molar-refractivity contribution is 5.85. The van der Waals surface area contributed by atoms with Crippen molar-refractivity contribution >= 4 is 11.8 Å². The molecule has 6 aromatic rings. The molecule has 292 valence electrons. The molecule has 0 aliphatic carbocycles. The monoisotopic (exact) mass is 760 g/mol. The number of carbonyl (C=O) groups is 2. The number of amides is 2. The van der Waals surface area contributed by atoms with Gasteiger partial charge in [0.25, 0.3) is 0 Å². The van der Waals surface area contributed by atoms with E-state index in [1.807, 2.05) is 115 Å². The molecule has 0 spiro atoms. The molecule has 8 rings (SSSR count). The lowest BCUT2D eigenvalue weighted by atomic mass is 10.0. The van der Waals surface area contributed by atoms with Gasteiger partial charge < -0.3 is 19.8 Å². The summed E-state index contributed by atoms with van der Waals surface area (Å²) in [5, 5.41) is 0. The highest BCUT2D eigenvalue weighted by Crippen LogP contribution is 2.38. The fourth-order valence-electron chi connectivity index (χ4n) is 8.78. The minimum absolute atomic E-state index is 0.0842. The number of likely N-dealkylation sites (N-methyl/N-ethyl adjacent to an activating group) is 2. The number of benzene rings is 4. The van der Waals surface area contributed by atoms with Crippen molar-refractivity contribution in [3.63, 3.8) is 0 Å². The Kier molecular flexibility index (Phi) is 10.9. The maximum absolute atomic E-state index is 14.0. The molecule has 2 aliphatic rings. The third kappa shape index (κ3) is 7.67. The summed E-state index contributed by atoms with van der Waals surface area (Å²) in [6.07, 6.45) is 5.54. The summed E-state index contributed by atoms with van der Waals surface area (Å²) in [4.78, 5) is 52.9. The van der Waals surface area contributed by atoms with Crippen molar-refractivity contribution in [1.29, 1.82) is 0 Å². The van der Waals surface area contributed by atoms with Gasteiger partial charge in [0.1, 0.15) is 23.7 Å². The lowest BCUT2D eigenvalue weighted by Gasteiger charge is -2.31. The third-order valence-electron chi connectivity index (χ3n) is 11.6. The van der Waals surface area contributed by atoms with Crippen LogP contribution in [0.2, 0.25) is 0 Å². The maximum Gasteiger partial charge on any atom is 0.245 e. The van der Waals surface area contributed by atoms with Crippen molar-refractivity contribution in [2.24, 2.45) is 0 Å². The van der Waals surface area contributed by atoms with Gasteiger partial charge in [-0.15, -0.1) is 0 Å². The second kappa shape index (κ2) is 16.3. The first kappa shape index (κ1) is 38.1. The molecule has 2 amide bonds. The second-order valence-electron chi connectivity index (χ2n) is 15.9. The van der Waals surface area contributed by atoms with Crippen molar-refractivity contribution in [3.8, 4) is 33.6 Å². The van der Waals surface area contributed by atoms with E-state index in [0.717, 1.165) is 101 Å². The SMILES string of the molecule is Cc1[nH]c(C2CCCN2C(=O)[C@@H](c2ccccc2)N(C)C)nc1-c1ccc(-c2ccc(-c3cnc(C4CCCN4C(=O)[C@@H](c4ccccc4)N(C)C)[nH]3)cc2)cc1. The summed E-state index contributed by atoms with van der Waals surface area (Å²) in [5.74, 6) is 1.89. The molecular weight excluding hydrogens is 709 g/mol. The number of aromatic amines is 2. The number of hydrogen-bond donors (Lipinski definition) is 2. The number of hydrogen-bond acceptors (Lipinski definition) is 6. The number of carbonyl (C=O) groups excluding carboxylic acids is 2. The zero-order chi connectivity index (χ0) is 39.6. The Morgan fingerprint density at radius 1 is 0.614 bits per heavy atom. The molecule has 10 heteroatoms. The minimum atomic E-state index is -0.345. The Labute approximate surface area is 335 Å². The van der Waals surface area contributed by atoms with E-state index in [1.54, 1.807) is 0 Å². The third-order valence-corrected chi connectivity index (χ3v) is 11.6. The quantitative estimate of drug-likeness (QED) is 0.138. The lowest BCUT2D eigenvalue weighted by molar-refractivity contribution is -0.138. The van der Waals surface area contributed by atoms with Crippen LogP contribution in [0.4, 0.5) is 0 Å². The Morgan fingerprint density at radius 2 is 1.07 bits per heavy atom. The van der Waals surface area contributed by atoms with Gasteiger partial charge in [0.15, 0.2) is 0 Å². The van der Waals surface area contributed by atoms with Crippen molar-refractivity contribution in [2.75, 3.05) is 41.3 Å². The van der Waals surface area contributed by atoms with Crippen molar-refractivity contribution < 1.29 is 9.59 Å². The first-order valence-electron chi connectivity index (χ1n) is 20.0.